The van der Waals surface area contributed by atoms with Gasteiger partial charge in [-0.05, 0) is 71.0 Å². The molecule has 0 radical (unpaired) electrons. The lowest BCUT2D eigenvalue weighted by Crippen LogP contribution is -2.57. The number of primary amides is 1. The molecule has 0 aromatic carbocycles. The highest BCUT2D eigenvalue weighted by Gasteiger charge is 2.46. The van der Waals surface area contributed by atoms with Gasteiger partial charge in [0, 0.05) is 6.04 Å². The third-order valence-corrected chi connectivity index (χ3v) is 5.98. The van der Waals surface area contributed by atoms with E-state index in [4.69, 9.17) is 5.73 Å². The first-order chi connectivity index (χ1) is 9.51. The summed E-state index contributed by atoms with van der Waals surface area (Å²) in [6.07, 6.45) is 6.88. The molecule has 0 aromatic rings. The molecule has 3 N–H and O–H groups in total. The SMILES string of the molecule is CNC1(C(N)=O)CCCC1CCN1CCCC(C)C1C. The Bertz CT molecular complexity index is 347. The summed E-state index contributed by atoms with van der Waals surface area (Å²) in [6.45, 7) is 7.01. The van der Waals surface area contributed by atoms with E-state index >= 15 is 0 Å². The van der Waals surface area contributed by atoms with Crippen LogP contribution < -0.4 is 11.1 Å². The second-order valence-electron chi connectivity index (χ2n) is 6.86. The fourth-order valence-corrected chi connectivity index (χ4v) is 4.30. The molecule has 4 atom stereocenters. The van der Waals surface area contributed by atoms with Crippen molar-refractivity contribution < 1.29 is 4.79 Å². The molecule has 1 amide bonds. The number of likely N-dealkylation sites (tertiary alicyclic amines) is 1. The quantitative estimate of drug-likeness (QED) is 0.807. The minimum absolute atomic E-state index is 0.164. The topological polar surface area (TPSA) is 58.4 Å². The number of rotatable bonds is 5. The van der Waals surface area contributed by atoms with Gasteiger partial charge in [0.1, 0.15) is 5.54 Å². The number of nitrogens with zero attached hydrogens (tertiary/aromatic N) is 1. The number of likely N-dealkylation sites (N-methyl/N-ethyl adjacent to an activating group) is 1. The van der Waals surface area contributed by atoms with Gasteiger partial charge >= 0.3 is 0 Å². The molecule has 4 heteroatoms. The number of carbonyl (C=O) groups is 1. The lowest BCUT2D eigenvalue weighted by atomic mass is 9.83. The number of nitrogens with two attached hydrogens (primary N) is 1. The third kappa shape index (κ3) is 2.86. The molecule has 1 aliphatic heterocycles. The molecule has 4 unspecified atom stereocenters. The molecular weight excluding hydrogens is 250 g/mol. The largest absolute Gasteiger partial charge is 0.368 e. The molecule has 0 spiro atoms. The van der Waals surface area contributed by atoms with Crippen LogP contribution in [0.15, 0.2) is 0 Å². The minimum atomic E-state index is -0.454. The Hall–Kier alpha value is -0.610. The third-order valence-electron chi connectivity index (χ3n) is 5.98. The van der Waals surface area contributed by atoms with E-state index in [1.165, 1.54) is 19.4 Å². The summed E-state index contributed by atoms with van der Waals surface area (Å²) in [6, 6.07) is 0.669. The lowest BCUT2D eigenvalue weighted by molar-refractivity contribution is -0.125. The Labute approximate surface area is 123 Å². The fraction of sp³-hybridized carbons (Fsp3) is 0.938. The predicted molar refractivity (Wildman–Crippen MR) is 82.4 cm³/mol. The highest BCUT2D eigenvalue weighted by atomic mass is 16.1. The standard InChI is InChI=1S/C16H31N3O/c1-12-6-5-10-19(13(12)2)11-8-14-7-4-9-16(14,18-3)15(17)20/h12-14,18H,4-11H2,1-3H3,(H2,17,20). The average Bonchev–Trinajstić information content (AvgIpc) is 2.84. The summed E-state index contributed by atoms with van der Waals surface area (Å²) < 4.78 is 0. The van der Waals surface area contributed by atoms with Crippen LogP contribution in [-0.2, 0) is 4.79 Å². The Morgan fingerprint density at radius 1 is 1.35 bits per heavy atom. The van der Waals surface area contributed by atoms with Gasteiger partial charge in [0.15, 0.2) is 0 Å². The molecule has 0 aromatic heterocycles. The monoisotopic (exact) mass is 281 g/mol. The van der Waals surface area contributed by atoms with Crippen LogP contribution in [0.25, 0.3) is 0 Å². The van der Waals surface area contributed by atoms with Crippen LogP contribution in [0.1, 0.15) is 52.4 Å². The van der Waals surface area contributed by atoms with Crippen LogP contribution in [0.3, 0.4) is 0 Å². The van der Waals surface area contributed by atoms with E-state index < -0.39 is 5.54 Å². The average molecular weight is 281 g/mol. The van der Waals surface area contributed by atoms with Crippen molar-refractivity contribution in [3.63, 3.8) is 0 Å². The van der Waals surface area contributed by atoms with Crippen LogP contribution in [0.5, 0.6) is 0 Å². The van der Waals surface area contributed by atoms with Crippen molar-refractivity contribution in [2.45, 2.75) is 64.0 Å². The molecule has 1 aliphatic carbocycles. The van der Waals surface area contributed by atoms with Gasteiger partial charge in [-0.25, -0.2) is 0 Å². The van der Waals surface area contributed by atoms with Gasteiger partial charge < -0.3 is 16.0 Å². The van der Waals surface area contributed by atoms with Gasteiger partial charge in [0.25, 0.3) is 0 Å². The van der Waals surface area contributed by atoms with Gasteiger partial charge in [-0.3, -0.25) is 4.79 Å². The Balaban J connectivity index is 1.94. The van der Waals surface area contributed by atoms with Crippen molar-refractivity contribution in [3.8, 4) is 0 Å². The highest BCUT2D eigenvalue weighted by molar-refractivity contribution is 5.85. The van der Waals surface area contributed by atoms with Gasteiger partial charge in [0.05, 0.1) is 0 Å². The van der Waals surface area contributed by atoms with Gasteiger partial charge in [0.2, 0.25) is 5.91 Å². The number of hydrogen-bond acceptors (Lipinski definition) is 3. The van der Waals surface area contributed by atoms with Crippen LogP contribution in [0, 0.1) is 11.8 Å². The molecule has 20 heavy (non-hydrogen) atoms. The Morgan fingerprint density at radius 3 is 2.75 bits per heavy atom. The molecule has 2 rings (SSSR count). The van der Waals surface area contributed by atoms with E-state index in [0.29, 0.717) is 12.0 Å². The molecule has 4 nitrogen and oxygen atoms in total. The molecule has 2 aliphatic rings. The Morgan fingerprint density at radius 2 is 2.10 bits per heavy atom. The number of carbonyl (C=O) groups excluding carboxylic acids is 1. The zero-order chi connectivity index (χ0) is 14.8. The molecule has 1 saturated heterocycles. The molecule has 116 valence electrons. The summed E-state index contributed by atoms with van der Waals surface area (Å²) in [5.41, 5.74) is 5.22. The number of piperidine rings is 1. The summed E-state index contributed by atoms with van der Waals surface area (Å²) >= 11 is 0. The smallest absolute Gasteiger partial charge is 0.238 e. The minimum Gasteiger partial charge on any atom is -0.368 e. The zero-order valence-corrected chi connectivity index (χ0v) is 13.3. The van der Waals surface area contributed by atoms with E-state index in [2.05, 4.69) is 24.1 Å². The second kappa shape index (κ2) is 6.44. The number of amides is 1. The van der Waals surface area contributed by atoms with Gasteiger partial charge in [-0.1, -0.05) is 13.3 Å². The van der Waals surface area contributed by atoms with E-state index in [0.717, 1.165) is 38.1 Å². The molecule has 2 fully saturated rings. The predicted octanol–water partition coefficient (Wildman–Crippen LogP) is 1.74. The first-order valence-corrected chi connectivity index (χ1v) is 8.24. The number of nitrogens with one attached hydrogen (secondary N) is 1. The first-order valence-electron chi connectivity index (χ1n) is 8.24. The van der Waals surface area contributed by atoms with Crippen LogP contribution in [-0.4, -0.2) is 42.5 Å². The zero-order valence-electron chi connectivity index (χ0n) is 13.3. The number of hydrogen-bond donors (Lipinski definition) is 2. The van der Waals surface area contributed by atoms with Gasteiger partial charge in [-0.15, -0.1) is 0 Å². The van der Waals surface area contributed by atoms with Crippen molar-refractivity contribution in [2.24, 2.45) is 17.6 Å². The summed E-state index contributed by atoms with van der Waals surface area (Å²) in [5, 5.41) is 3.24. The van der Waals surface area contributed by atoms with Crippen LogP contribution in [0.4, 0.5) is 0 Å². The van der Waals surface area contributed by atoms with Crippen LogP contribution >= 0.6 is 0 Å². The Kier molecular flexibility index (Phi) is 5.08. The summed E-state index contributed by atoms with van der Waals surface area (Å²) in [4.78, 5) is 14.5. The van der Waals surface area contributed by atoms with Crippen molar-refractivity contribution in [1.82, 2.24) is 10.2 Å². The summed E-state index contributed by atoms with van der Waals surface area (Å²) in [5.74, 6) is 1.02. The van der Waals surface area contributed by atoms with E-state index in [1.807, 2.05) is 7.05 Å². The fourth-order valence-electron chi connectivity index (χ4n) is 4.30. The van der Waals surface area contributed by atoms with E-state index in [9.17, 15) is 4.79 Å². The van der Waals surface area contributed by atoms with Crippen molar-refractivity contribution in [3.05, 3.63) is 0 Å². The molecule has 1 saturated carbocycles. The van der Waals surface area contributed by atoms with Crippen molar-refractivity contribution in [1.29, 1.82) is 0 Å². The summed E-state index contributed by atoms with van der Waals surface area (Å²) in [7, 11) is 1.88. The highest BCUT2D eigenvalue weighted by Crippen LogP contribution is 2.38. The van der Waals surface area contributed by atoms with Crippen molar-refractivity contribution in [2.75, 3.05) is 20.1 Å². The molecule has 1 heterocycles. The maximum absolute atomic E-state index is 11.9. The van der Waals surface area contributed by atoms with Crippen molar-refractivity contribution >= 4 is 5.91 Å². The van der Waals surface area contributed by atoms with Gasteiger partial charge in [-0.2, -0.15) is 0 Å². The lowest BCUT2D eigenvalue weighted by Gasteiger charge is -2.40. The normalized spacial score (nSPS) is 39.0. The second-order valence-corrected chi connectivity index (χ2v) is 6.86. The van der Waals surface area contributed by atoms with E-state index in [1.54, 1.807) is 0 Å². The molecular formula is C16H31N3O. The van der Waals surface area contributed by atoms with Crippen LogP contribution in [0.2, 0.25) is 0 Å². The maximum Gasteiger partial charge on any atom is 0.238 e. The van der Waals surface area contributed by atoms with E-state index in [-0.39, 0.29) is 5.91 Å². The molecule has 0 bridgehead atoms. The maximum atomic E-state index is 11.9. The first kappa shape index (κ1) is 15.8.